The van der Waals surface area contributed by atoms with Gasteiger partial charge in [-0.05, 0) is 81.3 Å². The molecule has 5 heterocycles. The molecule has 0 radical (unpaired) electrons. The molecule has 0 unspecified atom stereocenters. The molecule has 12 nitrogen and oxygen atoms in total. The molecule has 13 heteroatoms. The SMILES string of the molecule is Cc1ccc(S(=O)(=O)n2cc(-c3cnn(Cc4cccc(OCc5ccccc5)c4)c3)c3cc(-c4ccc(N5CCN(C(=O)OC(C)(C)C)CC5)nc4)cnc32)cc1. The van der Waals surface area contributed by atoms with E-state index in [0.717, 1.165) is 44.9 Å². The Labute approximate surface area is 338 Å². The number of aromatic nitrogens is 5. The zero-order valence-corrected chi connectivity index (χ0v) is 33.8. The number of rotatable bonds is 10. The van der Waals surface area contributed by atoms with Crippen molar-refractivity contribution in [3.05, 3.63) is 145 Å². The summed E-state index contributed by atoms with van der Waals surface area (Å²) in [4.78, 5) is 26.1. The molecule has 0 aliphatic carbocycles. The van der Waals surface area contributed by atoms with Crippen molar-refractivity contribution in [3.63, 3.8) is 0 Å². The summed E-state index contributed by atoms with van der Waals surface area (Å²) in [7, 11) is -3.99. The molecule has 1 aliphatic rings. The van der Waals surface area contributed by atoms with Gasteiger partial charge in [0.25, 0.3) is 10.0 Å². The third-order valence-corrected chi connectivity index (χ3v) is 11.6. The zero-order valence-electron chi connectivity index (χ0n) is 32.9. The Hall–Kier alpha value is -6.47. The second-order valence-electron chi connectivity index (χ2n) is 15.5. The summed E-state index contributed by atoms with van der Waals surface area (Å²) < 4.78 is 43.0. The fourth-order valence-electron chi connectivity index (χ4n) is 6.91. The average Bonchev–Trinajstić information content (AvgIpc) is 3.85. The van der Waals surface area contributed by atoms with Crippen LogP contribution in [0.2, 0.25) is 0 Å². The van der Waals surface area contributed by atoms with Gasteiger partial charge in [0.05, 0.1) is 17.6 Å². The summed E-state index contributed by atoms with van der Waals surface area (Å²) in [6.45, 7) is 10.8. The molecule has 8 rings (SSSR count). The number of fused-ring (bicyclic) bond motifs is 1. The van der Waals surface area contributed by atoms with E-state index in [1.807, 2.05) is 111 Å². The molecular formula is C45H45N7O5S. The molecule has 3 aromatic carbocycles. The molecule has 1 amide bonds. The highest BCUT2D eigenvalue weighted by molar-refractivity contribution is 7.90. The molecule has 0 bridgehead atoms. The van der Waals surface area contributed by atoms with E-state index in [2.05, 4.69) is 10.00 Å². The van der Waals surface area contributed by atoms with Crippen molar-refractivity contribution >= 4 is 33.0 Å². The maximum absolute atomic E-state index is 14.1. The molecule has 296 valence electrons. The lowest BCUT2D eigenvalue weighted by atomic mass is 10.1. The fraction of sp³-hybridized carbons (Fsp3) is 0.244. The first-order valence-corrected chi connectivity index (χ1v) is 20.6. The van der Waals surface area contributed by atoms with Gasteiger partial charge in [-0.25, -0.2) is 27.2 Å². The highest BCUT2D eigenvalue weighted by Gasteiger charge is 2.27. The van der Waals surface area contributed by atoms with Gasteiger partial charge in [0, 0.05) is 78.6 Å². The maximum atomic E-state index is 14.1. The van der Waals surface area contributed by atoms with Crippen LogP contribution in [0.1, 0.15) is 37.5 Å². The summed E-state index contributed by atoms with van der Waals surface area (Å²) >= 11 is 0. The third kappa shape index (κ3) is 8.44. The van der Waals surface area contributed by atoms with Crippen LogP contribution in [0.3, 0.4) is 0 Å². The van der Waals surface area contributed by atoms with Gasteiger partial charge in [0.2, 0.25) is 0 Å². The Kier molecular flexibility index (Phi) is 10.5. The van der Waals surface area contributed by atoms with E-state index < -0.39 is 15.6 Å². The minimum atomic E-state index is -3.99. The van der Waals surface area contributed by atoms with E-state index in [-0.39, 0.29) is 11.0 Å². The van der Waals surface area contributed by atoms with Crippen LogP contribution in [0, 0.1) is 6.92 Å². The first kappa shape index (κ1) is 38.4. The van der Waals surface area contributed by atoms with Crippen molar-refractivity contribution in [1.82, 2.24) is 28.6 Å². The summed E-state index contributed by atoms with van der Waals surface area (Å²) in [6.07, 6.45) is 8.47. The van der Waals surface area contributed by atoms with Crippen LogP contribution in [0.15, 0.2) is 133 Å². The van der Waals surface area contributed by atoms with Gasteiger partial charge in [0.15, 0.2) is 5.65 Å². The largest absolute Gasteiger partial charge is 0.489 e. The number of nitrogens with zero attached hydrogens (tertiary/aromatic N) is 7. The smallest absolute Gasteiger partial charge is 0.410 e. The number of amides is 1. The molecule has 4 aromatic heterocycles. The monoisotopic (exact) mass is 795 g/mol. The normalized spacial score (nSPS) is 13.5. The third-order valence-electron chi connectivity index (χ3n) is 9.96. The van der Waals surface area contributed by atoms with Crippen molar-refractivity contribution in [1.29, 1.82) is 0 Å². The van der Waals surface area contributed by atoms with Crippen LogP contribution in [-0.2, 0) is 27.9 Å². The topological polar surface area (TPSA) is 125 Å². The molecular weight excluding hydrogens is 751 g/mol. The van der Waals surface area contributed by atoms with Crippen molar-refractivity contribution < 1.29 is 22.7 Å². The van der Waals surface area contributed by atoms with Crippen molar-refractivity contribution in [2.75, 3.05) is 31.1 Å². The zero-order chi connectivity index (χ0) is 40.4. The predicted molar refractivity (Wildman–Crippen MR) is 224 cm³/mol. The number of hydrogen-bond acceptors (Lipinski definition) is 9. The average molecular weight is 796 g/mol. The number of ether oxygens (including phenoxy) is 2. The fourth-order valence-corrected chi connectivity index (χ4v) is 8.24. The lowest BCUT2D eigenvalue weighted by Crippen LogP contribution is -2.50. The Morgan fingerprint density at radius 2 is 1.50 bits per heavy atom. The van der Waals surface area contributed by atoms with Gasteiger partial charge < -0.3 is 19.3 Å². The maximum Gasteiger partial charge on any atom is 0.410 e. The quantitative estimate of drug-likeness (QED) is 0.135. The van der Waals surface area contributed by atoms with Crippen molar-refractivity contribution in [3.8, 4) is 28.0 Å². The number of aryl methyl sites for hydroxylation is 1. The molecule has 1 fully saturated rings. The molecule has 0 atom stereocenters. The number of anilines is 1. The Morgan fingerprint density at radius 1 is 0.759 bits per heavy atom. The minimum absolute atomic E-state index is 0.171. The number of carbonyl (C=O) groups is 1. The summed E-state index contributed by atoms with van der Waals surface area (Å²) in [5.74, 6) is 1.57. The summed E-state index contributed by atoms with van der Waals surface area (Å²) in [6, 6.07) is 30.7. The van der Waals surface area contributed by atoms with Crippen LogP contribution < -0.4 is 9.64 Å². The van der Waals surface area contributed by atoms with Gasteiger partial charge >= 0.3 is 6.09 Å². The lowest BCUT2D eigenvalue weighted by Gasteiger charge is -2.36. The molecule has 58 heavy (non-hydrogen) atoms. The number of piperazine rings is 1. The summed E-state index contributed by atoms with van der Waals surface area (Å²) in [5.41, 5.74) is 5.86. The first-order valence-electron chi connectivity index (χ1n) is 19.2. The number of carbonyl (C=O) groups excluding carboxylic acids is 1. The molecule has 0 spiro atoms. The van der Waals surface area contributed by atoms with Gasteiger partial charge in [-0.1, -0.05) is 60.2 Å². The van der Waals surface area contributed by atoms with Crippen LogP contribution in [0.25, 0.3) is 33.3 Å². The molecule has 7 aromatic rings. The Balaban J connectivity index is 1.07. The van der Waals surface area contributed by atoms with Crippen molar-refractivity contribution in [2.24, 2.45) is 0 Å². The minimum Gasteiger partial charge on any atom is -0.489 e. The molecule has 1 saturated heterocycles. The molecule has 0 saturated carbocycles. The predicted octanol–water partition coefficient (Wildman–Crippen LogP) is 8.19. The second kappa shape index (κ2) is 15.8. The Morgan fingerprint density at radius 3 is 2.22 bits per heavy atom. The van der Waals surface area contributed by atoms with Crippen LogP contribution >= 0.6 is 0 Å². The van der Waals surface area contributed by atoms with Gasteiger partial charge in [-0.15, -0.1) is 0 Å². The first-order chi connectivity index (χ1) is 27.9. The van der Waals surface area contributed by atoms with E-state index in [4.69, 9.17) is 19.4 Å². The molecule has 1 aliphatic heterocycles. The number of benzene rings is 3. The van der Waals surface area contributed by atoms with E-state index in [1.54, 1.807) is 54.0 Å². The molecule has 0 N–H and O–H groups in total. The van der Waals surface area contributed by atoms with Crippen LogP contribution in [-0.4, -0.2) is 74.9 Å². The van der Waals surface area contributed by atoms with Crippen LogP contribution in [0.4, 0.5) is 10.6 Å². The van der Waals surface area contributed by atoms with Gasteiger partial charge in [-0.3, -0.25) is 4.68 Å². The van der Waals surface area contributed by atoms with E-state index in [9.17, 15) is 13.2 Å². The second-order valence-corrected chi connectivity index (χ2v) is 17.3. The number of pyridine rings is 2. The van der Waals surface area contributed by atoms with E-state index in [1.165, 1.54) is 3.97 Å². The lowest BCUT2D eigenvalue weighted by molar-refractivity contribution is 0.0240. The summed E-state index contributed by atoms with van der Waals surface area (Å²) in [5, 5.41) is 5.33. The van der Waals surface area contributed by atoms with Crippen molar-refractivity contribution in [2.45, 2.75) is 51.3 Å². The van der Waals surface area contributed by atoms with Gasteiger partial charge in [-0.2, -0.15) is 5.10 Å². The highest BCUT2D eigenvalue weighted by atomic mass is 32.2. The van der Waals surface area contributed by atoms with E-state index in [0.29, 0.717) is 55.9 Å². The number of hydrogen-bond donors (Lipinski definition) is 0. The van der Waals surface area contributed by atoms with Gasteiger partial charge in [0.1, 0.15) is 23.8 Å². The van der Waals surface area contributed by atoms with Crippen LogP contribution in [0.5, 0.6) is 5.75 Å². The standard InChI is InChI=1S/C45H45N7O5S/c1-32-13-16-39(17-14-32)58(54,55)52-30-41(37-27-48-51(29-37)28-34-11-8-12-38(23-34)56-31-33-9-6-5-7-10-33)40-24-36(26-47-43(40)52)35-15-18-42(46-25-35)49-19-21-50(22-20-49)44(53)57-45(2,3)4/h5-18,23-27,29-30H,19-22,28,31H2,1-4H3. The Bertz CT molecular complexity index is 2660. The van der Waals surface area contributed by atoms with E-state index >= 15 is 0 Å². The highest BCUT2D eigenvalue weighted by Crippen LogP contribution is 2.35.